The van der Waals surface area contributed by atoms with Gasteiger partial charge in [0.25, 0.3) is 0 Å². The van der Waals surface area contributed by atoms with Crippen LogP contribution in [0.5, 0.6) is 0 Å². The zero-order valence-electron chi connectivity index (χ0n) is 13.6. The summed E-state index contributed by atoms with van der Waals surface area (Å²) in [4.78, 5) is 7.57. The standard InChI is InChI=1S/C17H26N4.HI/c1-13(2)8-10-19-17(18-3)20-11-9-14-12-21-16-7-5-4-6-15(14)16;/h4-7,12-13,21H,8-11H2,1-3H3,(H2,18,19,20);1H. The molecule has 0 aliphatic heterocycles. The fourth-order valence-corrected chi connectivity index (χ4v) is 2.35. The number of H-pyrrole nitrogens is 1. The number of aliphatic imine (C=N–C) groups is 1. The first-order valence-electron chi connectivity index (χ1n) is 7.70. The number of aromatic nitrogens is 1. The Morgan fingerprint density at radius 3 is 2.64 bits per heavy atom. The van der Waals surface area contributed by atoms with Crippen molar-refractivity contribution in [3.8, 4) is 0 Å². The molecule has 0 fully saturated rings. The molecule has 122 valence electrons. The highest BCUT2D eigenvalue weighted by Crippen LogP contribution is 2.17. The number of guanidine groups is 1. The molecule has 0 aliphatic carbocycles. The first kappa shape index (κ1) is 18.8. The number of nitrogens with zero attached hydrogens (tertiary/aromatic N) is 1. The summed E-state index contributed by atoms with van der Waals surface area (Å²) in [6.07, 6.45) is 4.24. The molecule has 0 saturated heterocycles. The minimum atomic E-state index is 0. The predicted octanol–water partition coefficient (Wildman–Crippen LogP) is 3.54. The van der Waals surface area contributed by atoms with Gasteiger partial charge in [0.1, 0.15) is 0 Å². The molecule has 1 aromatic carbocycles. The molecule has 5 heteroatoms. The van der Waals surface area contributed by atoms with Crippen LogP contribution in [0.25, 0.3) is 10.9 Å². The van der Waals surface area contributed by atoms with Crippen molar-refractivity contribution >= 4 is 40.8 Å². The zero-order chi connectivity index (χ0) is 15.1. The Kier molecular flexibility index (Phi) is 8.30. The van der Waals surface area contributed by atoms with Gasteiger partial charge in [-0.05, 0) is 30.4 Å². The summed E-state index contributed by atoms with van der Waals surface area (Å²) in [6, 6.07) is 8.41. The summed E-state index contributed by atoms with van der Waals surface area (Å²) in [5, 5.41) is 8.03. The SMILES string of the molecule is CN=C(NCCc1c[nH]c2ccccc12)NCCC(C)C.I. The Labute approximate surface area is 150 Å². The summed E-state index contributed by atoms with van der Waals surface area (Å²) < 4.78 is 0. The maximum absolute atomic E-state index is 4.25. The molecule has 0 unspecified atom stereocenters. The number of benzene rings is 1. The molecule has 0 radical (unpaired) electrons. The Morgan fingerprint density at radius 2 is 1.91 bits per heavy atom. The molecule has 22 heavy (non-hydrogen) atoms. The molecule has 0 aliphatic rings. The molecule has 2 aromatic rings. The summed E-state index contributed by atoms with van der Waals surface area (Å²) in [5.41, 5.74) is 2.54. The van der Waals surface area contributed by atoms with E-state index in [0.29, 0.717) is 5.92 Å². The quantitative estimate of drug-likeness (QED) is 0.385. The van der Waals surface area contributed by atoms with E-state index in [1.54, 1.807) is 0 Å². The van der Waals surface area contributed by atoms with Crippen LogP contribution < -0.4 is 10.6 Å². The molecule has 0 atom stereocenters. The van der Waals surface area contributed by atoms with E-state index in [1.165, 1.54) is 16.5 Å². The number of nitrogens with one attached hydrogen (secondary N) is 3. The monoisotopic (exact) mass is 414 g/mol. The maximum atomic E-state index is 4.25. The summed E-state index contributed by atoms with van der Waals surface area (Å²) in [7, 11) is 1.82. The van der Waals surface area contributed by atoms with E-state index >= 15 is 0 Å². The Bertz CT molecular complexity index is 589. The molecular weight excluding hydrogens is 387 g/mol. The molecule has 1 aromatic heterocycles. The van der Waals surface area contributed by atoms with Crippen LogP contribution in [0.15, 0.2) is 35.5 Å². The Hall–Kier alpha value is -1.24. The average molecular weight is 414 g/mol. The van der Waals surface area contributed by atoms with Gasteiger partial charge in [0.2, 0.25) is 0 Å². The second kappa shape index (κ2) is 9.71. The average Bonchev–Trinajstić information content (AvgIpc) is 2.89. The van der Waals surface area contributed by atoms with E-state index in [-0.39, 0.29) is 24.0 Å². The van der Waals surface area contributed by atoms with Crippen LogP contribution >= 0.6 is 24.0 Å². The normalized spacial score (nSPS) is 11.5. The van der Waals surface area contributed by atoms with Crippen LogP contribution in [-0.2, 0) is 6.42 Å². The number of hydrogen-bond acceptors (Lipinski definition) is 1. The van der Waals surface area contributed by atoms with Gasteiger partial charge in [-0.25, -0.2) is 0 Å². The van der Waals surface area contributed by atoms with Crippen molar-refractivity contribution in [2.24, 2.45) is 10.9 Å². The van der Waals surface area contributed by atoms with Gasteiger partial charge < -0.3 is 15.6 Å². The van der Waals surface area contributed by atoms with Crippen LogP contribution in [-0.4, -0.2) is 31.1 Å². The van der Waals surface area contributed by atoms with Gasteiger partial charge in [-0.2, -0.15) is 0 Å². The number of fused-ring (bicyclic) bond motifs is 1. The second-order valence-corrected chi connectivity index (χ2v) is 5.72. The number of halogens is 1. The van der Waals surface area contributed by atoms with Gasteiger partial charge in [0.15, 0.2) is 5.96 Å². The largest absolute Gasteiger partial charge is 0.361 e. The molecule has 3 N–H and O–H groups in total. The van der Waals surface area contributed by atoms with Crippen LogP contribution in [0.1, 0.15) is 25.8 Å². The lowest BCUT2D eigenvalue weighted by molar-refractivity contribution is 0.573. The third kappa shape index (κ3) is 5.51. The number of aromatic amines is 1. The summed E-state index contributed by atoms with van der Waals surface area (Å²) in [6.45, 7) is 6.30. The molecule has 0 bridgehead atoms. The van der Waals surface area contributed by atoms with Gasteiger partial charge in [-0.3, -0.25) is 4.99 Å². The lowest BCUT2D eigenvalue weighted by Gasteiger charge is -2.12. The maximum Gasteiger partial charge on any atom is 0.190 e. The summed E-state index contributed by atoms with van der Waals surface area (Å²) >= 11 is 0. The highest BCUT2D eigenvalue weighted by molar-refractivity contribution is 14.0. The lowest BCUT2D eigenvalue weighted by Crippen LogP contribution is -2.39. The van der Waals surface area contributed by atoms with Crippen LogP contribution in [0.4, 0.5) is 0 Å². The molecule has 4 nitrogen and oxygen atoms in total. The molecule has 0 spiro atoms. The van der Waals surface area contributed by atoms with Crippen molar-refractivity contribution in [1.82, 2.24) is 15.6 Å². The van der Waals surface area contributed by atoms with E-state index in [0.717, 1.165) is 31.9 Å². The topological polar surface area (TPSA) is 52.2 Å². The van der Waals surface area contributed by atoms with Crippen LogP contribution in [0, 0.1) is 5.92 Å². The van der Waals surface area contributed by atoms with Gasteiger partial charge in [-0.15, -0.1) is 24.0 Å². The second-order valence-electron chi connectivity index (χ2n) is 5.72. The minimum absolute atomic E-state index is 0. The zero-order valence-corrected chi connectivity index (χ0v) is 16.0. The van der Waals surface area contributed by atoms with Crippen molar-refractivity contribution in [2.45, 2.75) is 26.7 Å². The molecular formula is C17H27IN4. The Morgan fingerprint density at radius 1 is 1.18 bits per heavy atom. The smallest absolute Gasteiger partial charge is 0.190 e. The molecule has 0 amide bonds. The number of rotatable bonds is 6. The van der Waals surface area contributed by atoms with E-state index in [2.05, 4.69) is 64.9 Å². The van der Waals surface area contributed by atoms with Gasteiger partial charge >= 0.3 is 0 Å². The third-order valence-corrected chi connectivity index (χ3v) is 3.60. The van der Waals surface area contributed by atoms with Crippen LogP contribution in [0.2, 0.25) is 0 Å². The highest BCUT2D eigenvalue weighted by Gasteiger charge is 2.03. The van der Waals surface area contributed by atoms with Gasteiger partial charge in [0.05, 0.1) is 0 Å². The molecule has 1 heterocycles. The van der Waals surface area contributed by atoms with Crippen molar-refractivity contribution in [2.75, 3.05) is 20.1 Å². The minimum Gasteiger partial charge on any atom is -0.361 e. The fourth-order valence-electron chi connectivity index (χ4n) is 2.35. The lowest BCUT2D eigenvalue weighted by atomic mass is 10.1. The molecule has 2 rings (SSSR count). The number of hydrogen-bond donors (Lipinski definition) is 3. The number of para-hydroxylation sites is 1. The molecule has 0 saturated carbocycles. The predicted molar refractivity (Wildman–Crippen MR) is 106 cm³/mol. The first-order chi connectivity index (χ1) is 10.2. The van der Waals surface area contributed by atoms with E-state index in [1.807, 2.05) is 7.05 Å². The van der Waals surface area contributed by atoms with Crippen molar-refractivity contribution < 1.29 is 0 Å². The van der Waals surface area contributed by atoms with Gasteiger partial charge in [0, 0.05) is 37.2 Å². The third-order valence-electron chi connectivity index (χ3n) is 3.60. The van der Waals surface area contributed by atoms with Crippen molar-refractivity contribution in [1.29, 1.82) is 0 Å². The fraction of sp³-hybridized carbons (Fsp3) is 0.471. The van der Waals surface area contributed by atoms with E-state index in [9.17, 15) is 0 Å². The van der Waals surface area contributed by atoms with E-state index in [4.69, 9.17) is 0 Å². The van der Waals surface area contributed by atoms with Gasteiger partial charge in [-0.1, -0.05) is 32.0 Å². The summed E-state index contributed by atoms with van der Waals surface area (Å²) in [5.74, 6) is 1.59. The first-order valence-corrected chi connectivity index (χ1v) is 7.70. The van der Waals surface area contributed by atoms with Crippen LogP contribution in [0.3, 0.4) is 0 Å². The van der Waals surface area contributed by atoms with Crippen molar-refractivity contribution in [3.63, 3.8) is 0 Å². The Balaban J connectivity index is 0.00000242. The van der Waals surface area contributed by atoms with Crippen molar-refractivity contribution in [3.05, 3.63) is 36.0 Å². The van der Waals surface area contributed by atoms with E-state index < -0.39 is 0 Å². The highest BCUT2D eigenvalue weighted by atomic mass is 127.